The molecule has 0 spiro atoms. The number of aryl methyl sites for hydroxylation is 1. The highest BCUT2D eigenvalue weighted by Gasteiger charge is 2.23. The number of aliphatic hydroxyl groups excluding tert-OH is 1. The monoisotopic (exact) mass is 312 g/mol. The zero-order valence-electron chi connectivity index (χ0n) is 12.7. The van der Waals surface area contributed by atoms with Crippen molar-refractivity contribution >= 4 is 10.0 Å². The summed E-state index contributed by atoms with van der Waals surface area (Å²) in [6.45, 7) is 4.20. The van der Waals surface area contributed by atoms with Crippen LogP contribution in [0.3, 0.4) is 0 Å². The van der Waals surface area contributed by atoms with Gasteiger partial charge in [-0.2, -0.15) is 0 Å². The summed E-state index contributed by atoms with van der Waals surface area (Å²) in [7, 11) is -1.47. The Morgan fingerprint density at radius 1 is 1.43 bits per heavy atom. The average Bonchev–Trinajstić information content (AvgIpc) is 2.90. The van der Waals surface area contributed by atoms with Crippen LogP contribution < -0.4 is 4.72 Å². The highest BCUT2D eigenvalue weighted by Crippen LogP contribution is 2.20. The summed E-state index contributed by atoms with van der Waals surface area (Å²) < 4.78 is 27.8. The van der Waals surface area contributed by atoms with Crippen LogP contribution in [0.15, 0.2) is 23.1 Å². The van der Waals surface area contributed by atoms with Gasteiger partial charge in [-0.25, -0.2) is 13.1 Å². The van der Waals surface area contributed by atoms with Crippen LogP contribution in [0.1, 0.15) is 24.5 Å². The van der Waals surface area contributed by atoms with Crippen LogP contribution in [0.4, 0.5) is 0 Å². The lowest BCUT2D eigenvalue weighted by molar-refractivity contribution is 0.281. The lowest BCUT2D eigenvalue weighted by Gasteiger charge is -2.15. The first kappa shape index (κ1) is 16.4. The molecular weight excluding hydrogens is 288 g/mol. The van der Waals surface area contributed by atoms with Gasteiger partial charge in [0.1, 0.15) is 0 Å². The second kappa shape index (κ2) is 6.87. The van der Waals surface area contributed by atoms with Crippen LogP contribution >= 0.6 is 0 Å². The van der Waals surface area contributed by atoms with E-state index in [1.54, 1.807) is 18.2 Å². The first-order chi connectivity index (χ1) is 9.96. The first-order valence-corrected chi connectivity index (χ1v) is 8.85. The van der Waals surface area contributed by atoms with E-state index < -0.39 is 10.0 Å². The fourth-order valence-electron chi connectivity index (χ4n) is 2.74. The minimum absolute atomic E-state index is 0.153. The van der Waals surface area contributed by atoms with Crippen molar-refractivity contribution in [3.63, 3.8) is 0 Å². The van der Waals surface area contributed by atoms with E-state index in [1.807, 2.05) is 6.92 Å². The molecule has 1 aromatic rings. The lowest BCUT2D eigenvalue weighted by Crippen LogP contribution is -2.31. The maximum atomic E-state index is 12.5. The van der Waals surface area contributed by atoms with Gasteiger partial charge in [0.2, 0.25) is 10.0 Å². The van der Waals surface area contributed by atoms with Crippen molar-refractivity contribution in [2.75, 3.05) is 26.7 Å². The van der Waals surface area contributed by atoms with Gasteiger partial charge >= 0.3 is 0 Å². The molecule has 1 aliphatic heterocycles. The Morgan fingerprint density at radius 3 is 2.76 bits per heavy atom. The third-order valence-electron chi connectivity index (χ3n) is 4.04. The van der Waals surface area contributed by atoms with E-state index in [0.717, 1.165) is 25.1 Å². The number of sulfonamides is 1. The number of nitrogens with one attached hydrogen (secondary N) is 1. The van der Waals surface area contributed by atoms with Crippen LogP contribution in [0.5, 0.6) is 0 Å². The van der Waals surface area contributed by atoms with Crippen molar-refractivity contribution in [3.8, 4) is 0 Å². The molecule has 1 atom stereocenters. The van der Waals surface area contributed by atoms with Gasteiger partial charge in [-0.1, -0.05) is 19.1 Å². The van der Waals surface area contributed by atoms with E-state index in [2.05, 4.69) is 16.7 Å². The van der Waals surface area contributed by atoms with Crippen molar-refractivity contribution in [1.82, 2.24) is 9.62 Å². The Morgan fingerprint density at radius 2 is 2.19 bits per heavy atom. The number of hydrogen-bond acceptors (Lipinski definition) is 4. The molecular formula is C15H24N2O3S. The van der Waals surface area contributed by atoms with Gasteiger partial charge in [-0.05, 0) is 49.5 Å². The Kier molecular flexibility index (Phi) is 5.37. The van der Waals surface area contributed by atoms with Crippen LogP contribution in [0.25, 0.3) is 0 Å². The van der Waals surface area contributed by atoms with E-state index in [1.165, 1.54) is 0 Å². The minimum atomic E-state index is -3.52. The van der Waals surface area contributed by atoms with Crippen molar-refractivity contribution in [2.24, 2.45) is 5.92 Å². The number of benzene rings is 1. The third-order valence-corrected chi connectivity index (χ3v) is 5.54. The highest BCUT2D eigenvalue weighted by molar-refractivity contribution is 7.89. The molecule has 1 fully saturated rings. The SMILES string of the molecule is CCc1ccc(CO)cc1S(=O)(=O)NCC1CCN(C)C1. The van der Waals surface area contributed by atoms with Crippen LogP contribution in [-0.4, -0.2) is 45.1 Å². The number of hydrogen-bond donors (Lipinski definition) is 2. The van der Waals surface area contributed by atoms with Gasteiger partial charge < -0.3 is 10.0 Å². The predicted molar refractivity (Wildman–Crippen MR) is 82.5 cm³/mol. The van der Waals surface area contributed by atoms with E-state index in [9.17, 15) is 13.5 Å². The fraction of sp³-hybridized carbons (Fsp3) is 0.600. The number of aliphatic hydroxyl groups is 1. The first-order valence-electron chi connectivity index (χ1n) is 7.37. The maximum absolute atomic E-state index is 12.5. The van der Waals surface area contributed by atoms with E-state index >= 15 is 0 Å². The summed E-state index contributed by atoms with van der Waals surface area (Å²) in [6.07, 6.45) is 1.67. The molecule has 0 saturated carbocycles. The zero-order valence-corrected chi connectivity index (χ0v) is 13.5. The van der Waals surface area contributed by atoms with Crippen molar-refractivity contribution in [3.05, 3.63) is 29.3 Å². The molecule has 1 aromatic carbocycles. The molecule has 1 aliphatic rings. The zero-order chi connectivity index (χ0) is 15.5. The van der Waals surface area contributed by atoms with Gasteiger partial charge in [-0.3, -0.25) is 0 Å². The van der Waals surface area contributed by atoms with Gasteiger partial charge in [0.15, 0.2) is 0 Å². The smallest absolute Gasteiger partial charge is 0.240 e. The normalized spacial score (nSPS) is 20.0. The minimum Gasteiger partial charge on any atom is -0.392 e. The van der Waals surface area contributed by atoms with E-state index in [-0.39, 0.29) is 6.61 Å². The third kappa shape index (κ3) is 4.03. The summed E-state index contributed by atoms with van der Waals surface area (Å²) in [5, 5.41) is 9.20. The molecule has 118 valence electrons. The lowest BCUT2D eigenvalue weighted by atomic mass is 10.1. The summed E-state index contributed by atoms with van der Waals surface area (Å²) in [5.74, 6) is 0.371. The Hall–Kier alpha value is -0.950. The molecule has 1 heterocycles. The molecule has 0 aliphatic carbocycles. The fourth-order valence-corrected chi connectivity index (χ4v) is 4.21. The van der Waals surface area contributed by atoms with Crippen LogP contribution in [-0.2, 0) is 23.1 Å². The van der Waals surface area contributed by atoms with Gasteiger partial charge in [0, 0.05) is 13.1 Å². The van der Waals surface area contributed by atoms with Crippen molar-refractivity contribution < 1.29 is 13.5 Å². The van der Waals surface area contributed by atoms with E-state index in [4.69, 9.17) is 0 Å². The van der Waals surface area contributed by atoms with Crippen molar-refractivity contribution in [2.45, 2.75) is 31.3 Å². The molecule has 0 amide bonds. The summed E-state index contributed by atoms with van der Waals surface area (Å²) in [6, 6.07) is 5.12. The molecule has 1 saturated heterocycles. The molecule has 21 heavy (non-hydrogen) atoms. The van der Waals surface area contributed by atoms with Crippen molar-refractivity contribution in [1.29, 1.82) is 0 Å². The second-order valence-corrected chi connectivity index (χ2v) is 7.46. The van der Waals surface area contributed by atoms with Gasteiger partial charge in [0.25, 0.3) is 0 Å². The van der Waals surface area contributed by atoms with Crippen LogP contribution in [0, 0.1) is 5.92 Å². The summed E-state index contributed by atoms with van der Waals surface area (Å²) in [5.41, 5.74) is 1.40. The van der Waals surface area contributed by atoms with E-state index in [0.29, 0.717) is 29.3 Å². The standard InChI is InChI=1S/C15H24N2O3S/c1-3-14-5-4-12(11-18)8-15(14)21(19,20)16-9-13-6-7-17(2)10-13/h4-5,8,13,16,18H,3,6-7,9-11H2,1-2H3. The molecule has 2 N–H and O–H groups in total. The number of likely N-dealkylation sites (tertiary alicyclic amines) is 1. The molecule has 2 rings (SSSR count). The van der Waals surface area contributed by atoms with Gasteiger partial charge in [-0.15, -0.1) is 0 Å². The highest BCUT2D eigenvalue weighted by atomic mass is 32.2. The maximum Gasteiger partial charge on any atom is 0.240 e. The summed E-state index contributed by atoms with van der Waals surface area (Å²) >= 11 is 0. The quantitative estimate of drug-likeness (QED) is 0.821. The number of rotatable bonds is 6. The Balaban J connectivity index is 2.14. The topological polar surface area (TPSA) is 69.6 Å². The molecule has 0 radical (unpaired) electrons. The molecule has 0 aromatic heterocycles. The molecule has 6 heteroatoms. The second-order valence-electron chi connectivity index (χ2n) is 5.72. The molecule has 5 nitrogen and oxygen atoms in total. The predicted octanol–water partition coefficient (Wildman–Crippen LogP) is 0.971. The summed E-state index contributed by atoms with van der Waals surface area (Å²) in [4.78, 5) is 2.51. The molecule has 0 bridgehead atoms. The average molecular weight is 312 g/mol. The molecule has 1 unspecified atom stereocenters. The largest absolute Gasteiger partial charge is 0.392 e. The van der Waals surface area contributed by atoms with Crippen LogP contribution in [0.2, 0.25) is 0 Å². The van der Waals surface area contributed by atoms with Gasteiger partial charge in [0.05, 0.1) is 11.5 Å². The Labute approximate surface area is 127 Å². The number of nitrogens with zero attached hydrogens (tertiary/aromatic N) is 1. The Bertz CT molecular complexity index is 587.